The number of aromatic nitrogens is 9. The molecule has 7 rings (SSSR count). The van der Waals surface area contributed by atoms with Crippen molar-refractivity contribution in [1.82, 2.24) is 49.4 Å². The molecule has 2 aliphatic rings. The predicted octanol–water partition coefficient (Wildman–Crippen LogP) is 2.95. The van der Waals surface area contributed by atoms with Crippen LogP contribution in [0.1, 0.15) is 70.8 Å². The zero-order chi connectivity index (χ0) is 28.4. The number of nitrogens with one attached hydrogen (secondary N) is 1. The Kier molecular flexibility index (Phi) is 5.70. The van der Waals surface area contributed by atoms with E-state index in [1.165, 1.54) is 17.8 Å². The van der Waals surface area contributed by atoms with Gasteiger partial charge in [-0.3, -0.25) is 19.3 Å². The van der Waals surface area contributed by atoms with E-state index in [1.807, 2.05) is 37.2 Å². The molecule has 2 fully saturated rings. The lowest BCUT2D eigenvalue weighted by Gasteiger charge is -2.38. The van der Waals surface area contributed by atoms with Crippen LogP contribution in [0.15, 0.2) is 37.1 Å². The number of carbonyl (C=O) groups excluding carboxylic acids is 2. The van der Waals surface area contributed by atoms with Gasteiger partial charge in [-0.05, 0) is 57.2 Å². The topological polar surface area (TPSA) is 166 Å². The van der Waals surface area contributed by atoms with Crippen molar-refractivity contribution in [3.8, 4) is 22.5 Å². The first-order valence-electron chi connectivity index (χ1n) is 13.6. The molecule has 13 heteroatoms. The fourth-order valence-corrected chi connectivity index (χ4v) is 6.59. The maximum Gasteiger partial charge on any atom is 0.292 e. The highest BCUT2D eigenvalue weighted by atomic mass is 16.2. The molecule has 5 aromatic rings. The Labute approximate surface area is 234 Å². The molecule has 3 atom stereocenters. The first kappa shape index (κ1) is 25.1. The molecule has 0 saturated carbocycles. The zero-order valence-corrected chi connectivity index (χ0v) is 22.9. The summed E-state index contributed by atoms with van der Waals surface area (Å²) in [5, 5.41) is 16.7. The first-order valence-corrected chi connectivity index (χ1v) is 13.6. The second kappa shape index (κ2) is 9.32. The van der Waals surface area contributed by atoms with Crippen LogP contribution in [-0.2, 0) is 7.05 Å². The highest BCUT2D eigenvalue weighted by molar-refractivity contribution is 6.00. The molecular formula is C28H29N11O2. The standard InChI is InChI=1S/C28H29N11O2/c1-14-8-17(11-30-23(14)21-6-7-37(3)36-21)20-12-33-39-25(29)22(15(2)40)24(34-27(20)39)16-9-18-4-5-19(10-16)38(18)28(41)26-31-13-32-35-26/h6-8,11-13,16,18-19H,4-5,9-10,29H2,1-3H3,(H,31,32,35)/t16-,18+,19-. The smallest absolute Gasteiger partial charge is 0.292 e. The Bertz CT molecular complexity index is 1810. The van der Waals surface area contributed by atoms with Gasteiger partial charge in [0.05, 0.1) is 23.1 Å². The van der Waals surface area contributed by atoms with Gasteiger partial charge in [0, 0.05) is 48.6 Å². The third-order valence-electron chi connectivity index (χ3n) is 8.38. The average Bonchev–Trinajstić information content (AvgIpc) is 3.75. The number of H-pyrrole nitrogens is 1. The Balaban J connectivity index is 1.28. The van der Waals surface area contributed by atoms with Crippen molar-refractivity contribution in [2.45, 2.75) is 57.5 Å². The van der Waals surface area contributed by atoms with E-state index in [0.717, 1.165) is 40.9 Å². The van der Waals surface area contributed by atoms with Crippen molar-refractivity contribution in [2.75, 3.05) is 5.73 Å². The van der Waals surface area contributed by atoms with Crippen LogP contribution in [0.4, 0.5) is 5.82 Å². The SMILES string of the molecule is CC(=O)c1c([C@H]2C[C@H]3CC[C@@H](C2)N3C(=O)c2nnc[nH]2)nc2c(-c3cnc(-c4ccn(C)n4)c(C)c3)cnn2c1N. The number of hydrogen-bond acceptors (Lipinski definition) is 9. The largest absolute Gasteiger partial charge is 0.383 e. The molecule has 0 aromatic carbocycles. The van der Waals surface area contributed by atoms with E-state index in [1.54, 1.807) is 17.1 Å². The molecule has 2 aliphatic heterocycles. The van der Waals surface area contributed by atoms with Crippen molar-refractivity contribution >= 4 is 23.2 Å². The maximum absolute atomic E-state index is 13.2. The molecule has 7 heterocycles. The Morgan fingerprint density at radius 1 is 1.15 bits per heavy atom. The molecular weight excluding hydrogens is 522 g/mol. The number of ketones is 1. The number of pyridine rings is 1. The number of Topliss-reactive ketones (excluding diaryl/α,β-unsaturated/α-hetero) is 1. The summed E-state index contributed by atoms with van der Waals surface area (Å²) in [6.07, 6.45) is 9.94. The van der Waals surface area contributed by atoms with Crippen molar-refractivity contribution in [2.24, 2.45) is 7.05 Å². The Hall–Kier alpha value is -4.94. The third kappa shape index (κ3) is 3.99. The number of nitrogen functional groups attached to an aromatic ring is 1. The van der Waals surface area contributed by atoms with E-state index in [9.17, 15) is 9.59 Å². The molecule has 0 aliphatic carbocycles. The van der Waals surface area contributed by atoms with Crippen molar-refractivity contribution in [1.29, 1.82) is 0 Å². The number of carbonyl (C=O) groups is 2. The minimum atomic E-state index is -0.159. The second-order valence-corrected chi connectivity index (χ2v) is 11.0. The van der Waals surface area contributed by atoms with Crippen molar-refractivity contribution in [3.05, 3.63) is 59.7 Å². The third-order valence-corrected chi connectivity index (χ3v) is 8.38. The number of amides is 1. The van der Waals surface area contributed by atoms with Gasteiger partial charge in [-0.15, -0.1) is 10.2 Å². The van der Waals surface area contributed by atoms with Crippen LogP contribution in [0, 0.1) is 6.92 Å². The number of piperidine rings is 1. The van der Waals surface area contributed by atoms with Gasteiger partial charge in [0.15, 0.2) is 11.4 Å². The van der Waals surface area contributed by atoms with E-state index in [2.05, 4.69) is 25.4 Å². The van der Waals surface area contributed by atoms with Gasteiger partial charge in [-0.25, -0.2) is 4.98 Å². The number of fused-ring (bicyclic) bond motifs is 3. The summed E-state index contributed by atoms with van der Waals surface area (Å²) in [4.78, 5) is 40.6. The fraction of sp³-hybridized carbons (Fsp3) is 0.357. The summed E-state index contributed by atoms with van der Waals surface area (Å²) in [7, 11) is 1.87. The van der Waals surface area contributed by atoms with E-state index < -0.39 is 0 Å². The molecule has 2 bridgehead atoms. The summed E-state index contributed by atoms with van der Waals surface area (Å²) >= 11 is 0. The summed E-state index contributed by atoms with van der Waals surface area (Å²) in [6, 6.07) is 4.01. The van der Waals surface area contributed by atoms with Crippen molar-refractivity contribution < 1.29 is 9.59 Å². The predicted molar refractivity (Wildman–Crippen MR) is 149 cm³/mol. The normalized spacial score (nSPS) is 20.2. The van der Waals surface area contributed by atoms with Crippen LogP contribution in [0.25, 0.3) is 28.2 Å². The van der Waals surface area contributed by atoms with Gasteiger partial charge in [-0.1, -0.05) is 0 Å². The van der Waals surface area contributed by atoms with Crippen LogP contribution < -0.4 is 5.73 Å². The van der Waals surface area contributed by atoms with E-state index in [-0.39, 0.29) is 41.3 Å². The number of anilines is 1. The number of aromatic amines is 1. The van der Waals surface area contributed by atoms with Gasteiger partial charge in [0.2, 0.25) is 5.82 Å². The molecule has 0 spiro atoms. The van der Waals surface area contributed by atoms with Crippen LogP contribution in [0.5, 0.6) is 0 Å². The number of rotatable bonds is 5. The number of nitrogens with zero attached hydrogens (tertiary/aromatic N) is 9. The lowest BCUT2D eigenvalue weighted by molar-refractivity contribution is 0.0556. The molecule has 5 aromatic heterocycles. The quantitative estimate of drug-likeness (QED) is 0.312. The molecule has 41 heavy (non-hydrogen) atoms. The summed E-state index contributed by atoms with van der Waals surface area (Å²) in [5.41, 5.74) is 12.4. The van der Waals surface area contributed by atoms with Crippen LogP contribution in [0.2, 0.25) is 0 Å². The van der Waals surface area contributed by atoms with E-state index in [4.69, 9.17) is 15.7 Å². The van der Waals surface area contributed by atoms with Crippen LogP contribution >= 0.6 is 0 Å². The van der Waals surface area contributed by atoms with Gasteiger partial charge in [0.25, 0.3) is 5.91 Å². The molecule has 0 radical (unpaired) electrons. The molecule has 13 nitrogen and oxygen atoms in total. The summed E-state index contributed by atoms with van der Waals surface area (Å²) in [5.74, 6) is 0.181. The van der Waals surface area contributed by atoms with Gasteiger partial charge < -0.3 is 15.6 Å². The number of nitrogens with two attached hydrogens (primary N) is 1. The molecule has 2 saturated heterocycles. The highest BCUT2D eigenvalue weighted by Crippen LogP contribution is 2.45. The molecule has 3 N–H and O–H groups in total. The average molecular weight is 552 g/mol. The monoisotopic (exact) mass is 551 g/mol. The molecule has 0 unspecified atom stereocenters. The maximum atomic E-state index is 13.2. The first-order chi connectivity index (χ1) is 19.8. The highest BCUT2D eigenvalue weighted by Gasteiger charge is 2.45. The van der Waals surface area contributed by atoms with Crippen molar-refractivity contribution in [3.63, 3.8) is 0 Å². The minimum absolute atomic E-state index is 0.0192. The molecule has 208 valence electrons. The number of hydrogen-bond donors (Lipinski definition) is 2. The van der Waals surface area contributed by atoms with Gasteiger partial charge >= 0.3 is 0 Å². The van der Waals surface area contributed by atoms with E-state index in [0.29, 0.717) is 29.7 Å². The zero-order valence-electron chi connectivity index (χ0n) is 22.9. The van der Waals surface area contributed by atoms with Crippen LogP contribution in [-0.4, -0.2) is 73.2 Å². The lowest BCUT2D eigenvalue weighted by Crippen LogP contribution is -2.46. The van der Waals surface area contributed by atoms with E-state index >= 15 is 0 Å². The van der Waals surface area contributed by atoms with Gasteiger partial charge in [-0.2, -0.15) is 14.7 Å². The minimum Gasteiger partial charge on any atom is -0.383 e. The van der Waals surface area contributed by atoms with Gasteiger partial charge in [0.1, 0.15) is 17.8 Å². The van der Waals surface area contributed by atoms with Crippen LogP contribution in [0.3, 0.4) is 0 Å². The second-order valence-electron chi connectivity index (χ2n) is 11.0. The fourth-order valence-electron chi connectivity index (χ4n) is 6.59. The molecule has 1 amide bonds. The Morgan fingerprint density at radius 2 is 1.93 bits per heavy atom. The summed E-state index contributed by atoms with van der Waals surface area (Å²) in [6.45, 7) is 3.50. The Morgan fingerprint density at radius 3 is 2.56 bits per heavy atom. The summed E-state index contributed by atoms with van der Waals surface area (Å²) < 4.78 is 3.28. The lowest BCUT2D eigenvalue weighted by atomic mass is 9.85. The number of aryl methyl sites for hydroxylation is 2.